The number of ether oxygens (including phenoxy) is 3. The van der Waals surface area contributed by atoms with Crippen molar-refractivity contribution in [2.45, 2.75) is 126 Å². The largest absolute Gasteiger partial charge is 0.481 e. The number of carboxylic acids is 1. The second-order valence-corrected chi connectivity index (χ2v) is 17.6. The zero-order valence-electron chi connectivity index (χ0n) is 30.8. The maximum absolute atomic E-state index is 13.4. The number of allylic oxidation sites excluding steroid dienone is 1. The van der Waals surface area contributed by atoms with Gasteiger partial charge in [-0.2, -0.15) is 0 Å². The summed E-state index contributed by atoms with van der Waals surface area (Å²) in [7, 11) is 0. The molecule has 2 unspecified atom stereocenters. The van der Waals surface area contributed by atoms with Gasteiger partial charge in [0.1, 0.15) is 12.2 Å². The normalized spacial score (nSPS) is 43.7. The van der Waals surface area contributed by atoms with Crippen LogP contribution in [0.4, 0.5) is 0 Å². The lowest BCUT2D eigenvalue weighted by molar-refractivity contribution is -0.266. The fourth-order valence-corrected chi connectivity index (χ4v) is 11.9. The summed E-state index contributed by atoms with van der Waals surface area (Å²) in [6.45, 7) is 23.4. The predicted molar refractivity (Wildman–Crippen MR) is 184 cm³/mol. The average molecular weight is 658 g/mol. The first-order chi connectivity index (χ1) is 21.9. The SMILES string of the molecule is CC(=O)O[C@@H]1C[C@@]23COCC(C)(C2CC[C@H]2C3=CC[C@@]3(C)[C@H](C(=O)O)[C@@](C)([C@H](C)C(C)C)CC[C@]23C)[C@H]1OCCN=C(N)NC(C)C. The fourth-order valence-electron chi connectivity index (χ4n) is 11.9. The van der Waals surface area contributed by atoms with E-state index in [9.17, 15) is 14.7 Å². The van der Waals surface area contributed by atoms with Crippen molar-refractivity contribution in [3.8, 4) is 0 Å². The van der Waals surface area contributed by atoms with Crippen LogP contribution in [0.15, 0.2) is 16.6 Å². The number of aliphatic carboxylic acids is 1. The molecule has 2 bridgehead atoms. The highest BCUT2D eigenvalue weighted by atomic mass is 16.6. The number of nitrogens with one attached hydrogen (secondary N) is 1. The first kappa shape index (κ1) is 36.2. The Kier molecular flexibility index (Phi) is 9.72. The molecule has 5 aliphatic rings. The lowest BCUT2D eigenvalue weighted by Crippen LogP contribution is -2.70. The van der Waals surface area contributed by atoms with Gasteiger partial charge in [0.05, 0.1) is 32.3 Å². The van der Waals surface area contributed by atoms with Crippen molar-refractivity contribution in [1.29, 1.82) is 0 Å². The number of aliphatic imine (C=N–C) groups is 1. The zero-order chi connectivity index (χ0) is 34.7. The summed E-state index contributed by atoms with van der Waals surface area (Å²) in [4.78, 5) is 30.4. The molecule has 4 fully saturated rings. The number of hydrogen-bond donors (Lipinski definition) is 3. The Morgan fingerprint density at radius 2 is 1.79 bits per heavy atom. The average Bonchev–Trinajstić information content (AvgIpc) is 2.95. The summed E-state index contributed by atoms with van der Waals surface area (Å²) in [5.41, 5.74) is 5.98. The van der Waals surface area contributed by atoms with Crippen LogP contribution in [0.2, 0.25) is 0 Å². The molecule has 1 heterocycles. The highest BCUT2D eigenvalue weighted by Crippen LogP contribution is 2.75. The Hall–Kier alpha value is -2.13. The smallest absolute Gasteiger partial charge is 0.307 e. The number of carbonyl (C=O) groups excluding carboxylic acids is 1. The van der Waals surface area contributed by atoms with Crippen molar-refractivity contribution < 1.29 is 28.9 Å². The Bertz CT molecular complexity index is 1280. The Balaban J connectivity index is 1.51. The topological polar surface area (TPSA) is 132 Å². The molecule has 4 aliphatic carbocycles. The van der Waals surface area contributed by atoms with E-state index < -0.39 is 18.0 Å². The molecular formula is C38H63N3O6. The standard InChI is InChI=1S/C38H63N3O6/c1-22(2)24(5)34(7)15-16-36(9)26-11-12-29-35(8)20-45-21-38(29,27(26)13-14-37(36,10)30(34)32(43)44)19-28(47-25(6)42)31(35)46-18-17-40-33(39)41-23(3)4/h13,22-24,26,28-31H,11-12,14-21H2,1-10H3,(H,43,44)(H3,39,40,41)/t24-,26+,28-,29?,30-,31+,34-,35?,36-,37+,38+/m1/s1. The highest BCUT2D eigenvalue weighted by molar-refractivity contribution is 5.78. The monoisotopic (exact) mass is 657 g/mol. The molecule has 3 saturated carbocycles. The predicted octanol–water partition coefficient (Wildman–Crippen LogP) is 6.20. The van der Waals surface area contributed by atoms with Gasteiger partial charge in [-0.1, -0.05) is 60.1 Å². The Labute approximate surface area is 283 Å². The van der Waals surface area contributed by atoms with Crippen molar-refractivity contribution in [1.82, 2.24) is 5.32 Å². The van der Waals surface area contributed by atoms with Crippen LogP contribution in [0.5, 0.6) is 0 Å². The molecule has 266 valence electrons. The van der Waals surface area contributed by atoms with Crippen LogP contribution in [-0.4, -0.2) is 67.6 Å². The van der Waals surface area contributed by atoms with Crippen molar-refractivity contribution in [3.63, 3.8) is 0 Å². The van der Waals surface area contributed by atoms with Gasteiger partial charge in [-0.3, -0.25) is 14.6 Å². The molecule has 0 spiro atoms. The molecule has 0 aromatic carbocycles. The first-order valence-electron chi connectivity index (χ1n) is 18.2. The lowest BCUT2D eigenvalue weighted by atomic mass is 9.34. The maximum Gasteiger partial charge on any atom is 0.307 e. The number of rotatable bonds is 9. The molecule has 9 nitrogen and oxygen atoms in total. The Morgan fingerprint density at radius 1 is 1.09 bits per heavy atom. The van der Waals surface area contributed by atoms with E-state index in [1.165, 1.54) is 12.5 Å². The summed E-state index contributed by atoms with van der Waals surface area (Å²) in [5.74, 6) is 0.274. The second kappa shape index (κ2) is 12.6. The fraction of sp³-hybridized carbons (Fsp3) is 0.868. The van der Waals surface area contributed by atoms with Gasteiger partial charge in [0.15, 0.2) is 5.96 Å². The number of fused-ring (bicyclic) bond motifs is 3. The van der Waals surface area contributed by atoms with E-state index >= 15 is 0 Å². The van der Waals surface area contributed by atoms with Gasteiger partial charge < -0.3 is 30.4 Å². The molecule has 0 aromatic heterocycles. The van der Waals surface area contributed by atoms with E-state index in [2.05, 4.69) is 64.9 Å². The minimum atomic E-state index is -0.649. The summed E-state index contributed by atoms with van der Waals surface area (Å²) < 4.78 is 19.3. The van der Waals surface area contributed by atoms with Gasteiger partial charge in [-0.25, -0.2) is 0 Å². The third-order valence-corrected chi connectivity index (χ3v) is 14.5. The second-order valence-electron chi connectivity index (χ2n) is 17.6. The van der Waals surface area contributed by atoms with Crippen molar-refractivity contribution in [2.75, 3.05) is 26.4 Å². The number of hydrogen-bond acceptors (Lipinski definition) is 6. The molecule has 4 N–H and O–H groups in total. The molecule has 0 aromatic rings. The van der Waals surface area contributed by atoms with E-state index in [4.69, 9.17) is 19.9 Å². The minimum absolute atomic E-state index is 0.170. The van der Waals surface area contributed by atoms with Crippen LogP contribution in [-0.2, 0) is 23.8 Å². The van der Waals surface area contributed by atoms with E-state index in [0.29, 0.717) is 56.5 Å². The third-order valence-electron chi connectivity index (χ3n) is 14.5. The van der Waals surface area contributed by atoms with Crippen LogP contribution in [0.3, 0.4) is 0 Å². The molecule has 47 heavy (non-hydrogen) atoms. The maximum atomic E-state index is 13.4. The number of carboxylic acid groups (broad SMARTS) is 1. The van der Waals surface area contributed by atoms with Crippen LogP contribution < -0.4 is 11.1 Å². The number of nitrogens with two attached hydrogens (primary N) is 1. The molecule has 5 rings (SSSR count). The number of nitrogens with zero attached hydrogens (tertiary/aromatic N) is 1. The molecule has 1 aliphatic heterocycles. The quantitative estimate of drug-likeness (QED) is 0.0878. The molecule has 0 radical (unpaired) electrons. The molecule has 11 atom stereocenters. The van der Waals surface area contributed by atoms with Crippen LogP contribution in [0, 0.1) is 56.7 Å². The van der Waals surface area contributed by atoms with Gasteiger partial charge in [0.25, 0.3) is 0 Å². The van der Waals surface area contributed by atoms with E-state index in [1.54, 1.807) is 0 Å². The third kappa shape index (κ3) is 5.63. The van der Waals surface area contributed by atoms with Crippen molar-refractivity contribution >= 4 is 17.9 Å². The van der Waals surface area contributed by atoms with Crippen LogP contribution in [0.25, 0.3) is 0 Å². The van der Waals surface area contributed by atoms with Gasteiger partial charge in [-0.15, -0.1) is 0 Å². The highest BCUT2D eigenvalue weighted by Gasteiger charge is 2.72. The summed E-state index contributed by atoms with van der Waals surface area (Å²) in [6.07, 6.45) is 7.03. The minimum Gasteiger partial charge on any atom is -0.481 e. The number of carbonyl (C=O) groups is 2. The summed E-state index contributed by atoms with van der Waals surface area (Å²) >= 11 is 0. The molecule has 0 amide bonds. The van der Waals surface area contributed by atoms with E-state index in [0.717, 1.165) is 32.1 Å². The first-order valence-corrected chi connectivity index (χ1v) is 18.2. The lowest BCUT2D eigenvalue weighted by Gasteiger charge is -2.71. The van der Waals surface area contributed by atoms with E-state index in [1.807, 2.05) is 13.8 Å². The molecule has 1 saturated heterocycles. The van der Waals surface area contributed by atoms with Crippen LogP contribution >= 0.6 is 0 Å². The molecular weight excluding hydrogens is 594 g/mol. The Morgan fingerprint density at radius 3 is 2.40 bits per heavy atom. The molecule has 9 heteroatoms. The zero-order valence-corrected chi connectivity index (χ0v) is 30.8. The number of esters is 1. The van der Waals surface area contributed by atoms with Gasteiger partial charge >= 0.3 is 11.9 Å². The number of guanidine groups is 1. The summed E-state index contributed by atoms with van der Waals surface area (Å²) in [5, 5.41) is 14.1. The van der Waals surface area contributed by atoms with Crippen molar-refractivity contribution in [2.24, 2.45) is 67.4 Å². The van der Waals surface area contributed by atoms with Gasteiger partial charge in [0, 0.05) is 23.8 Å². The summed E-state index contributed by atoms with van der Waals surface area (Å²) in [6, 6.07) is 0.193. The van der Waals surface area contributed by atoms with E-state index in [-0.39, 0.29) is 51.1 Å². The van der Waals surface area contributed by atoms with Crippen molar-refractivity contribution in [3.05, 3.63) is 11.6 Å². The van der Waals surface area contributed by atoms with Gasteiger partial charge in [0.2, 0.25) is 0 Å². The van der Waals surface area contributed by atoms with Gasteiger partial charge in [-0.05, 0) is 92.3 Å². The van der Waals surface area contributed by atoms with Crippen LogP contribution in [0.1, 0.15) is 108 Å².